The van der Waals surface area contributed by atoms with Crippen LogP contribution in [0.4, 0.5) is 11.5 Å². The minimum atomic E-state index is -0.698. The normalized spacial score (nSPS) is 23.4. The van der Waals surface area contributed by atoms with Crippen molar-refractivity contribution in [1.82, 2.24) is 4.98 Å². The summed E-state index contributed by atoms with van der Waals surface area (Å²) in [4.78, 5) is 29.7. The average molecular weight is 383 g/mol. The van der Waals surface area contributed by atoms with Gasteiger partial charge in [-0.3, -0.25) is 14.9 Å². The van der Waals surface area contributed by atoms with Crippen molar-refractivity contribution < 1.29 is 9.72 Å². The number of fused-ring (bicyclic) bond motifs is 1. The first-order chi connectivity index (χ1) is 12.8. The summed E-state index contributed by atoms with van der Waals surface area (Å²) < 4.78 is 0. The zero-order valence-corrected chi connectivity index (χ0v) is 16.4. The first kappa shape index (κ1) is 17.9. The van der Waals surface area contributed by atoms with E-state index in [2.05, 4.69) is 24.1 Å². The van der Waals surface area contributed by atoms with Crippen LogP contribution in [0.2, 0.25) is 0 Å². The summed E-state index contributed by atoms with van der Waals surface area (Å²) in [7, 11) is 0. The summed E-state index contributed by atoms with van der Waals surface area (Å²) in [6.07, 6.45) is 1.86. The van der Waals surface area contributed by atoms with E-state index in [4.69, 9.17) is 0 Å². The van der Waals surface area contributed by atoms with E-state index in [1.165, 1.54) is 17.4 Å². The Kier molecular flexibility index (Phi) is 3.96. The number of anilines is 1. The van der Waals surface area contributed by atoms with Gasteiger partial charge in [-0.15, -0.1) is 11.3 Å². The third-order valence-electron chi connectivity index (χ3n) is 5.61. The summed E-state index contributed by atoms with van der Waals surface area (Å²) in [5.41, 5.74) is 3.43. The van der Waals surface area contributed by atoms with Crippen LogP contribution in [0.5, 0.6) is 0 Å². The van der Waals surface area contributed by atoms with E-state index < -0.39 is 5.41 Å². The van der Waals surface area contributed by atoms with Crippen LogP contribution in [-0.2, 0) is 10.2 Å². The molecule has 0 bridgehead atoms. The van der Waals surface area contributed by atoms with Crippen molar-refractivity contribution >= 4 is 28.6 Å². The smallest absolute Gasteiger partial charge is 0.269 e. The lowest BCUT2D eigenvalue weighted by atomic mass is 9.62. The largest absolute Gasteiger partial charge is 0.342 e. The molecule has 140 valence electrons. The molecule has 1 aliphatic heterocycles. The number of thiazole rings is 1. The maximum atomic E-state index is 13.3. The Hall–Kier alpha value is -2.54. The summed E-state index contributed by atoms with van der Waals surface area (Å²) in [5.74, 6) is 0.874. The number of hydrogen-bond donors (Lipinski definition) is 1. The fourth-order valence-electron chi connectivity index (χ4n) is 4.52. The molecule has 2 aliphatic rings. The minimum Gasteiger partial charge on any atom is -0.342 e. The number of nitro benzene ring substituents is 1. The van der Waals surface area contributed by atoms with Crippen molar-refractivity contribution in [3.05, 3.63) is 61.6 Å². The van der Waals surface area contributed by atoms with E-state index in [0.717, 1.165) is 33.9 Å². The Morgan fingerprint density at radius 3 is 2.81 bits per heavy atom. The number of nitrogens with zero attached hydrogens (tertiary/aromatic N) is 2. The summed E-state index contributed by atoms with van der Waals surface area (Å²) >= 11 is 1.49. The van der Waals surface area contributed by atoms with E-state index in [1.807, 2.05) is 13.0 Å². The monoisotopic (exact) mass is 383 g/mol. The van der Waals surface area contributed by atoms with Crippen molar-refractivity contribution in [2.24, 2.45) is 5.41 Å². The quantitative estimate of drug-likeness (QED) is 0.607. The Labute approximate surface area is 161 Å². The zero-order chi connectivity index (χ0) is 19.4. The van der Waals surface area contributed by atoms with Gasteiger partial charge >= 0.3 is 0 Å². The van der Waals surface area contributed by atoms with Crippen LogP contribution in [0.15, 0.2) is 41.0 Å². The highest BCUT2D eigenvalue weighted by Crippen LogP contribution is 2.55. The van der Waals surface area contributed by atoms with Gasteiger partial charge in [-0.25, -0.2) is 4.98 Å². The van der Waals surface area contributed by atoms with Crippen LogP contribution in [0.1, 0.15) is 50.5 Å². The van der Waals surface area contributed by atoms with E-state index in [0.29, 0.717) is 12.8 Å². The molecule has 7 heteroatoms. The molecular formula is C20H21N3O3S. The van der Waals surface area contributed by atoms with Crippen LogP contribution in [0.3, 0.4) is 0 Å². The molecular weight excluding hydrogens is 362 g/mol. The minimum absolute atomic E-state index is 0.0376. The van der Waals surface area contributed by atoms with Gasteiger partial charge in [0, 0.05) is 29.8 Å². The molecule has 1 unspecified atom stereocenters. The van der Waals surface area contributed by atoms with Gasteiger partial charge in [-0.05, 0) is 23.8 Å². The lowest BCUT2D eigenvalue weighted by Crippen LogP contribution is -2.43. The zero-order valence-electron chi connectivity index (χ0n) is 15.5. The highest BCUT2D eigenvalue weighted by atomic mass is 32.1. The molecule has 1 aliphatic carbocycles. The van der Waals surface area contributed by atoms with E-state index in [1.54, 1.807) is 17.6 Å². The number of hydrogen-bond acceptors (Lipinski definition) is 6. The maximum absolute atomic E-state index is 13.3. The van der Waals surface area contributed by atoms with E-state index >= 15 is 0 Å². The molecule has 6 nitrogen and oxygen atoms in total. The van der Waals surface area contributed by atoms with E-state index in [-0.39, 0.29) is 21.8 Å². The van der Waals surface area contributed by atoms with Crippen LogP contribution < -0.4 is 5.32 Å². The standard InChI is InChI=1S/C20H21N3O3S/c1-4-20(12-6-5-7-13(8-12)23(25)26)16-14(9-19(2,3)10-15(16)24)22-18-17(20)27-11-21-18/h5-8,11,22H,4,9-10H2,1-3H3. The maximum Gasteiger partial charge on any atom is 0.269 e. The van der Waals surface area contributed by atoms with Gasteiger partial charge in [0.05, 0.1) is 20.7 Å². The lowest BCUT2D eigenvalue weighted by molar-refractivity contribution is -0.384. The topological polar surface area (TPSA) is 85.1 Å². The van der Waals surface area contributed by atoms with Gasteiger partial charge in [-0.2, -0.15) is 0 Å². The molecule has 2 heterocycles. The third-order valence-corrected chi connectivity index (χ3v) is 6.59. The predicted octanol–water partition coefficient (Wildman–Crippen LogP) is 4.82. The molecule has 27 heavy (non-hydrogen) atoms. The molecule has 2 aromatic rings. The van der Waals surface area contributed by atoms with Crippen molar-refractivity contribution in [1.29, 1.82) is 0 Å². The number of nitrogens with one attached hydrogen (secondary N) is 1. The van der Waals surface area contributed by atoms with Crippen LogP contribution in [0, 0.1) is 15.5 Å². The van der Waals surface area contributed by atoms with Gasteiger partial charge in [0.2, 0.25) is 0 Å². The van der Waals surface area contributed by atoms with Crippen molar-refractivity contribution in [2.75, 3.05) is 5.32 Å². The molecule has 1 atom stereocenters. The molecule has 0 saturated heterocycles. The number of carbonyl (C=O) groups excluding carboxylic acids is 1. The number of allylic oxidation sites excluding steroid dienone is 2. The SMILES string of the molecule is CCC1(c2cccc([N+](=O)[O-])c2)C2=C(CC(C)(C)CC2=O)Nc2ncsc21. The van der Waals surface area contributed by atoms with Crippen molar-refractivity contribution in [2.45, 2.75) is 45.4 Å². The number of aromatic nitrogens is 1. The van der Waals surface area contributed by atoms with Gasteiger partial charge in [-0.1, -0.05) is 32.9 Å². The fraction of sp³-hybridized carbons (Fsp3) is 0.400. The number of nitro groups is 1. The molecule has 0 fully saturated rings. The first-order valence-corrected chi connectivity index (χ1v) is 9.89. The second-order valence-corrected chi connectivity index (χ2v) is 8.87. The second-order valence-electron chi connectivity index (χ2n) is 8.02. The van der Waals surface area contributed by atoms with Gasteiger partial charge in [0.15, 0.2) is 5.78 Å². The molecule has 0 spiro atoms. The van der Waals surface area contributed by atoms with Crippen LogP contribution >= 0.6 is 11.3 Å². The predicted molar refractivity (Wildman–Crippen MR) is 105 cm³/mol. The first-order valence-electron chi connectivity index (χ1n) is 9.01. The molecule has 0 amide bonds. The summed E-state index contributed by atoms with van der Waals surface area (Å²) in [5, 5.41) is 14.7. The number of ketones is 1. The van der Waals surface area contributed by atoms with E-state index in [9.17, 15) is 14.9 Å². The summed E-state index contributed by atoms with van der Waals surface area (Å²) in [6.45, 7) is 6.22. The number of Topliss-reactive ketones (excluding diaryl/α,β-unsaturated/α-hetero) is 1. The van der Waals surface area contributed by atoms with Crippen molar-refractivity contribution in [3.63, 3.8) is 0 Å². The van der Waals surface area contributed by atoms with Gasteiger partial charge < -0.3 is 5.32 Å². The van der Waals surface area contributed by atoms with Crippen molar-refractivity contribution in [3.8, 4) is 0 Å². The summed E-state index contributed by atoms with van der Waals surface area (Å²) in [6, 6.07) is 6.69. The van der Waals surface area contributed by atoms with Crippen LogP contribution in [0.25, 0.3) is 0 Å². The molecule has 1 aromatic heterocycles. The molecule has 1 N–H and O–H groups in total. The average Bonchev–Trinajstić information content (AvgIpc) is 3.07. The lowest BCUT2D eigenvalue weighted by Gasteiger charge is -2.44. The second kappa shape index (κ2) is 5.99. The molecule has 0 radical (unpaired) electrons. The number of non-ortho nitro benzene ring substituents is 1. The Morgan fingerprint density at radius 1 is 1.33 bits per heavy atom. The fourth-order valence-corrected chi connectivity index (χ4v) is 5.56. The Bertz CT molecular complexity index is 992. The van der Waals surface area contributed by atoms with Gasteiger partial charge in [0.25, 0.3) is 5.69 Å². The molecule has 4 rings (SSSR count). The molecule has 0 saturated carbocycles. The highest BCUT2D eigenvalue weighted by molar-refractivity contribution is 7.10. The number of rotatable bonds is 3. The van der Waals surface area contributed by atoms with Crippen LogP contribution in [-0.4, -0.2) is 15.7 Å². The third kappa shape index (κ3) is 2.60. The Balaban J connectivity index is 2.02. The number of carbonyl (C=O) groups is 1. The number of benzene rings is 1. The highest BCUT2D eigenvalue weighted by Gasteiger charge is 2.50. The Morgan fingerprint density at radius 2 is 2.11 bits per heavy atom. The van der Waals surface area contributed by atoms with Gasteiger partial charge in [0.1, 0.15) is 5.82 Å². The molecule has 1 aromatic carbocycles.